The Hall–Kier alpha value is -3.59. The number of hydrogen-bond acceptors (Lipinski definition) is 4. The van der Waals surface area contributed by atoms with E-state index >= 15 is 0 Å². The fraction of sp³-hybridized carbons (Fsp3) is 0.208. The SMILES string of the molecule is Fc1ccc(-c2cnc(CN3CCc4nc(-c5ccc(C(F)(F)F)cc5)ncc4C3)[nH]2)cc1. The van der Waals surface area contributed by atoms with Crippen LogP contribution in [0.4, 0.5) is 17.6 Å². The topological polar surface area (TPSA) is 57.7 Å². The average molecular weight is 453 g/mol. The Balaban J connectivity index is 1.27. The number of imidazole rings is 1. The summed E-state index contributed by atoms with van der Waals surface area (Å²) in [6, 6.07) is 11.1. The summed E-state index contributed by atoms with van der Waals surface area (Å²) < 4.78 is 51.5. The van der Waals surface area contributed by atoms with Gasteiger partial charge >= 0.3 is 6.18 Å². The smallest absolute Gasteiger partial charge is 0.341 e. The predicted molar refractivity (Wildman–Crippen MR) is 114 cm³/mol. The van der Waals surface area contributed by atoms with Gasteiger partial charge in [0.25, 0.3) is 0 Å². The molecule has 9 heteroatoms. The van der Waals surface area contributed by atoms with E-state index in [1.54, 1.807) is 24.5 Å². The van der Waals surface area contributed by atoms with Gasteiger partial charge in [0.15, 0.2) is 5.82 Å². The first kappa shape index (κ1) is 21.3. The molecule has 1 aliphatic rings. The monoisotopic (exact) mass is 453 g/mol. The Labute approximate surface area is 187 Å². The minimum Gasteiger partial charge on any atom is -0.341 e. The maximum absolute atomic E-state index is 13.1. The van der Waals surface area contributed by atoms with E-state index in [9.17, 15) is 17.6 Å². The van der Waals surface area contributed by atoms with Crippen LogP contribution in [0.15, 0.2) is 60.9 Å². The van der Waals surface area contributed by atoms with Gasteiger partial charge in [-0.3, -0.25) is 4.90 Å². The number of hydrogen-bond donors (Lipinski definition) is 1. The number of fused-ring (bicyclic) bond motifs is 1. The van der Waals surface area contributed by atoms with Gasteiger partial charge in [0.05, 0.1) is 29.7 Å². The van der Waals surface area contributed by atoms with Crippen molar-refractivity contribution in [1.29, 1.82) is 0 Å². The molecule has 168 valence electrons. The molecule has 0 amide bonds. The molecule has 0 bridgehead atoms. The summed E-state index contributed by atoms with van der Waals surface area (Å²) in [4.78, 5) is 18.9. The van der Waals surface area contributed by atoms with Crippen LogP contribution in [0.5, 0.6) is 0 Å². The van der Waals surface area contributed by atoms with Crippen molar-refractivity contribution in [1.82, 2.24) is 24.8 Å². The highest BCUT2D eigenvalue weighted by molar-refractivity contribution is 5.58. The molecule has 0 aliphatic carbocycles. The van der Waals surface area contributed by atoms with Crippen molar-refractivity contribution < 1.29 is 17.6 Å². The molecule has 4 aromatic rings. The summed E-state index contributed by atoms with van der Waals surface area (Å²) in [5.41, 5.74) is 3.44. The van der Waals surface area contributed by atoms with E-state index in [0.29, 0.717) is 30.9 Å². The predicted octanol–water partition coefficient (Wildman–Crippen LogP) is 5.25. The third-order valence-corrected chi connectivity index (χ3v) is 5.64. The quantitative estimate of drug-likeness (QED) is 0.429. The summed E-state index contributed by atoms with van der Waals surface area (Å²) in [6.45, 7) is 2.03. The summed E-state index contributed by atoms with van der Waals surface area (Å²) >= 11 is 0. The molecule has 0 saturated carbocycles. The zero-order valence-corrected chi connectivity index (χ0v) is 17.4. The fourth-order valence-electron chi connectivity index (χ4n) is 3.89. The minimum atomic E-state index is -4.37. The van der Waals surface area contributed by atoms with Gasteiger partial charge in [-0.1, -0.05) is 12.1 Å². The molecule has 5 rings (SSSR count). The maximum Gasteiger partial charge on any atom is 0.416 e. The molecule has 1 aliphatic heterocycles. The second kappa shape index (κ2) is 8.40. The summed E-state index contributed by atoms with van der Waals surface area (Å²) in [6.07, 6.45) is -0.184. The molecule has 0 spiro atoms. The van der Waals surface area contributed by atoms with E-state index in [1.807, 2.05) is 0 Å². The fourth-order valence-corrected chi connectivity index (χ4v) is 3.89. The largest absolute Gasteiger partial charge is 0.416 e. The Kier molecular flexibility index (Phi) is 5.41. The van der Waals surface area contributed by atoms with Crippen LogP contribution in [0, 0.1) is 5.82 Å². The molecule has 2 aromatic heterocycles. The summed E-state index contributed by atoms with van der Waals surface area (Å²) in [5.74, 6) is 0.945. The van der Waals surface area contributed by atoms with Crippen molar-refractivity contribution in [3.8, 4) is 22.6 Å². The Morgan fingerprint density at radius 2 is 1.64 bits per heavy atom. The van der Waals surface area contributed by atoms with Crippen LogP contribution in [-0.4, -0.2) is 31.4 Å². The van der Waals surface area contributed by atoms with Crippen molar-refractivity contribution in [3.63, 3.8) is 0 Å². The highest BCUT2D eigenvalue weighted by atomic mass is 19.4. The van der Waals surface area contributed by atoms with Crippen molar-refractivity contribution in [2.24, 2.45) is 0 Å². The summed E-state index contributed by atoms with van der Waals surface area (Å²) in [5, 5.41) is 0. The Morgan fingerprint density at radius 1 is 0.909 bits per heavy atom. The van der Waals surface area contributed by atoms with Crippen molar-refractivity contribution in [2.45, 2.75) is 25.7 Å². The number of benzene rings is 2. The van der Waals surface area contributed by atoms with Gasteiger partial charge in [-0.25, -0.2) is 19.3 Å². The van der Waals surface area contributed by atoms with Crippen LogP contribution >= 0.6 is 0 Å². The highest BCUT2D eigenvalue weighted by Gasteiger charge is 2.30. The van der Waals surface area contributed by atoms with Crippen molar-refractivity contribution >= 4 is 0 Å². The molecule has 5 nitrogen and oxygen atoms in total. The van der Waals surface area contributed by atoms with E-state index in [2.05, 4.69) is 24.8 Å². The third kappa shape index (κ3) is 4.63. The van der Waals surface area contributed by atoms with Gasteiger partial charge < -0.3 is 4.98 Å². The first-order valence-corrected chi connectivity index (χ1v) is 10.4. The third-order valence-electron chi connectivity index (χ3n) is 5.64. The van der Waals surface area contributed by atoms with E-state index in [0.717, 1.165) is 47.0 Å². The number of nitrogens with one attached hydrogen (secondary N) is 1. The van der Waals surface area contributed by atoms with Crippen LogP contribution in [0.1, 0.15) is 22.6 Å². The molecule has 3 heterocycles. The standard InChI is InChI=1S/C24H19F4N5/c25-19-7-3-15(4-8-19)21-12-29-22(31-21)14-33-10-9-20-17(13-33)11-30-23(32-20)16-1-5-18(6-2-16)24(26,27)28/h1-8,11-12H,9-10,13-14H2,(H,29,31). The number of alkyl halides is 3. The lowest BCUT2D eigenvalue weighted by atomic mass is 10.1. The zero-order chi connectivity index (χ0) is 23.0. The van der Waals surface area contributed by atoms with E-state index in [-0.39, 0.29) is 5.82 Å². The summed E-state index contributed by atoms with van der Waals surface area (Å²) in [7, 11) is 0. The number of rotatable bonds is 4. The van der Waals surface area contributed by atoms with E-state index < -0.39 is 11.7 Å². The lowest BCUT2D eigenvalue weighted by Crippen LogP contribution is -2.31. The lowest BCUT2D eigenvalue weighted by Gasteiger charge is -2.27. The number of nitrogens with zero attached hydrogens (tertiary/aromatic N) is 4. The second-order valence-electron chi connectivity index (χ2n) is 7.95. The van der Waals surface area contributed by atoms with Gasteiger partial charge in [0.1, 0.15) is 11.6 Å². The molecule has 1 N–H and O–H groups in total. The Morgan fingerprint density at radius 3 is 2.36 bits per heavy atom. The molecule has 0 saturated heterocycles. The van der Waals surface area contributed by atoms with Crippen LogP contribution in [-0.2, 0) is 25.7 Å². The molecule has 33 heavy (non-hydrogen) atoms. The van der Waals surface area contributed by atoms with Gasteiger partial charge in [-0.05, 0) is 42.0 Å². The second-order valence-corrected chi connectivity index (χ2v) is 7.95. The van der Waals surface area contributed by atoms with Crippen LogP contribution in [0.3, 0.4) is 0 Å². The van der Waals surface area contributed by atoms with Gasteiger partial charge in [0.2, 0.25) is 0 Å². The van der Waals surface area contributed by atoms with Crippen LogP contribution in [0.2, 0.25) is 0 Å². The molecular weight excluding hydrogens is 434 g/mol. The van der Waals surface area contributed by atoms with E-state index in [1.165, 1.54) is 24.3 Å². The molecule has 0 radical (unpaired) electrons. The molecule has 0 fully saturated rings. The first-order chi connectivity index (χ1) is 15.8. The molecular formula is C24H19F4N5. The normalized spacial score (nSPS) is 14.3. The molecule has 0 unspecified atom stereocenters. The van der Waals surface area contributed by atoms with Gasteiger partial charge in [-0.15, -0.1) is 0 Å². The Bertz CT molecular complexity index is 1260. The number of halogens is 4. The average Bonchev–Trinajstić information content (AvgIpc) is 3.27. The number of aromatic nitrogens is 4. The van der Waals surface area contributed by atoms with Crippen molar-refractivity contribution in [3.05, 3.63) is 89.4 Å². The van der Waals surface area contributed by atoms with Crippen LogP contribution in [0.25, 0.3) is 22.6 Å². The number of aromatic amines is 1. The highest BCUT2D eigenvalue weighted by Crippen LogP contribution is 2.30. The van der Waals surface area contributed by atoms with Gasteiger partial charge in [0, 0.05) is 36.8 Å². The molecule has 2 aromatic carbocycles. The lowest BCUT2D eigenvalue weighted by molar-refractivity contribution is -0.137. The van der Waals surface area contributed by atoms with E-state index in [4.69, 9.17) is 0 Å². The maximum atomic E-state index is 13.1. The minimum absolute atomic E-state index is 0.283. The molecule has 0 atom stereocenters. The number of H-pyrrole nitrogens is 1. The first-order valence-electron chi connectivity index (χ1n) is 10.4. The van der Waals surface area contributed by atoms with Crippen molar-refractivity contribution in [2.75, 3.05) is 6.54 Å². The van der Waals surface area contributed by atoms with Gasteiger partial charge in [-0.2, -0.15) is 13.2 Å². The zero-order valence-electron chi connectivity index (χ0n) is 17.4. The van der Waals surface area contributed by atoms with Crippen LogP contribution < -0.4 is 0 Å².